The molecule has 33 heavy (non-hydrogen) atoms. The van der Waals surface area contributed by atoms with E-state index in [2.05, 4.69) is 53.2 Å². The summed E-state index contributed by atoms with van der Waals surface area (Å²) in [5.41, 5.74) is 2.11. The van der Waals surface area contributed by atoms with Crippen molar-refractivity contribution >= 4 is 24.0 Å². The van der Waals surface area contributed by atoms with Gasteiger partial charge in [0.15, 0.2) is 0 Å². The van der Waals surface area contributed by atoms with Gasteiger partial charge < -0.3 is 15.1 Å². The van der Waals surface area contributed by atoms with Crippen molar-refractivity contribution in [3.8, 4) is 0 Å². The molecule has 0 aromatic heterocycles. The number of nitrogens with one attached hydrogen (secondary N) is 1. The maximum atomic E-state index is 13.5. The zero-order valence-corrected chi connectivity index (χ0v) is 21.8. The van der Waals surface area contributed by atoms with Crippen molar-refractivity contribution in [1.29, 1.82) is 0 Å². The Balaban J connectivity index is 0.00000306. The minimum absolute atomic E-state index is 0. The predicted octanol–water partition coefficient (Wildman–Crippen LogP) is 6.60. The van der Waals surface area contributed by atoms with E-state index < -0.39 is 0 Å². The second-order valence-electron chi connectivity index (χ2n) is 10.6. The van der Waals surface area contributed by atoms with Crippen molar-refractivity contribution in [1.82, 2.24) is 10.2 Å². The summed E-state index contributed by atoms with van der Waals surface area (Å²) in [6.45, 7) is 6.51. The summed E-state index contributed by atoms with van der Waals surface area (Å²) >= 11 is 0. The summed E-state index contributed by atoms with van der Waals surface area (Å²) < 4.78 is 0. The molecule has 4 rings (SSSR count). The van der Waals surface area contributed by atoms with Gasteiger partial charge in [-0.2, -0.15) is 0 Å². The van der Waals surface area contributed by atoms with Crippen molar-refractivity contribution in [2.75, 3.05) is 18.0 Å². The highest BCUT2D eigenvalue weighted by Crippen LogP contribution is 2.41. The number of benzene rings is 1. The standard InChI is InChI=1S/C28H45N3O.ClH/c1-3-4-17-26-29-27(32)28(31(26)25-16-12-13-23(2)22-25)18-20-30(21-19-28)24-14-10-8-6-5-7-9-11-15-24;/h12-13,16,22,24,26H,3-11,14-15,17-21H2,1-2H3,(H,29,32);1H. The monoisotopic (exact) mass is 475 g/mol. The van der Waals surface area contributed by atoms with Crippen molar-refractivity contribution in [2.45, 2.75) is 121 Å². The number of rotatable bonds is 5. The third-order valence-corrected chi connectivity index (χ3v) is 8.32. The molecule has 2 saturated heterocycles. The first kappa shape index (κ1) is 26.3. The molecule has 1 aliphatic carbocycles. The average Bonchev–Trinajstić information content (AvgIpc) is 3.07. The van der Waals surface area contributed by atoms with Gasteiger partial charge in [-0.15, -0.1) is 12.4 Å². The largest absolute Gasteiger partial charge is 0.336 e. The molecular weight excluding hydrogens is 430 g/mol. The number of hydrogen-bond donors (Lipinski definition) is 1. The quantitative estimate of drug-likeness (QED) is 0.521. The van der Waals surface area contributed by atoms with Crippen molar-refractivity contribution < 1.29 is 4.79 Å². The number of unbranched alkanes of at least 4 members (excludes halogenated alkanes) is 1. The van der Waals surface area contributed by atoms with E-state index in [9.17, 15) is 4.79 Å². The van der Waals surface area contributed by atoms with Crippen LogP contribution >= 0.6 is 12.4 Å². The SMILES string of the molecule is CCCCC1NC(=O)C2(CCN(C3CCCCCCCCC3)CC2)N1c1cccc(C)c1.Cl. The minimum Gasteiger partial charge on any atom is -0.336 e. The first-order valence-corrected chi connectivity index (χ1v) is 13.5. The summed E-state index contributed by atoms with van der Waals surface area (Å²) in [4.78, 5) is 18.7. The summed E-state index contributed by atoms with van der Waals surface area (Å²) in [5.74, 6) is 0.269. The van der Waals surface area contributed by atoms with Crippen LogP contribution in [0, 0.1) is 6.92 Å². The van der Waals surface area contributed by atoms with E-state index in [1.807, 2.05) is 0 Å². The molecule has 2 aliphatic heterocycles. The second kappa shape index (κ2) is 12.4. The fourth-order valence-electron chi connectivity index (χ4n) is 6.44. The van der Waals surface area contributed by atoms with Gasteiger partial charge in [0.05, 0.1) is 0 Å². The molecule has 186 valence electrons. The number of halogens is 1. The molecule has 1 N–H and O–H groups in total. The molecule has 1 amide bonds. The summed E-state index contributed by atoms with van der Waals surface area (Å²) in [5, 5.41) is 3.41. The van der Waals surface area contributed by atoms with E-state index in [-0.39, 0.29) is 30.0 Å². The Morgan fingerprint density at radius 1 is 1.00 bits per heavy atom. The topological polar surface area (TPSA) is 35.6 Å². The van der Waals surface area contributed by atoms with Crippen LogP contribution in [0.25, 0.3) is 0 Å². The lowest BCUT2D eigenvalue weighted by atomic mass is 9.84. The molecule has 4 nitrogen and oxygen atoms in total. The Morgan fingerprint density at radius 2 is 1.64 bits per heavy atom. The van der Waals surface area contributed by atoms with Gasteiger partial charge in [-0.1, -0.05) is 70.4 Å². The Hall–Kier alpha value is -1.26. The molecule has 1 spiro atoms. The molecule has 0 radical (unpaired) electrons. The second-order valence-corrected chi connectivity index (χ2v) is 10.6. The molecule has 0 bridgehead atoms. The Morgan fingerprint density at radius 3 is 2.24 bits per heavy atom. The number of carbonyl (C=O) groups excluding carboxylic acids is 1. The highest BCUT2D eigenvalue weighted by atomic mass is 35.5. The van der Waals surface area contributed by atoms with Gasteiger partial charge in [-0.05, 0) is 63.1 Å². The third kappa shape index (κ3) is 6.06. The smallest absolute Gasteiger partial charge is 0.247 e. The fourth-order valence-corrected chi connectivity index (χ4v) is 6.44. The van der Waals surface area contributed by atoms with Crippen LogP contribution in [0.3, 0.4) is 0 Å². The highest BCUT2D eigenvalue weighted by molar-refractivity contribution is 5.94. The Kier molecular flexibility index (Phi) is 9.94. The molecule has 3 fully saturated rings. The maximum Gasteiger partial charge on any atom is 0.247 e. The molecule has 3 aliphatic rings. The molecule has 1 aromatic carbocycles. The maximum absolute atomic E-state index is 13.5. The summed E-state index contributed by atoms with van der Waals surface area (Å²) in [7, 11) is 0. The van der Waals surface area contributed by atoms with Crippen molar-refractivity contribution in [3.63, 3.8) is 0 Å². The van der Waals surface area contributed by atoms with Gasteiger partial charge in [-0.25, -0.2) is 0 Å². The van der Waals surface area contributed by atoms with E-state index in [4.69, 9.17) is 0 Å². The van der Waals surface area contributed by atoms with Gasteiger partial charge in [-0.3, -0.25) is 4.79 Å². The zero-order valence-electron chi connectivity index (χ0n) is 21.0. The van der Waals surface area contributed by atoms with Crippen LogP contribution in [0.15, 0.2) is 24.3 Å². The molecule has 2 heterocycles. The summed E-state index contributed by atoms with van der Waals surface area (Å²) in [6, 6.07) is 9.51. The fraction of sp³-hybridized carbons (Fsp3) is 0.750. The molecule has 1 unspecified atom stereocenters. The normalized spacial score (nSPS) is 25.0. The number of aryl methyl sites for hydroxylation is 1. The van der Waals surface area contributed by atoms with E-state index >= 15 is 0 Å². The zero-order chi connectivity index (χ0) is 22.4. The molecule has 5 heteroatoms. The number of piperidine rings is 1. The van der Waals surface area contributed by atoms with Crippen LogP contribution < -0.4 is 10.2 Å². The van der Waals surface area contributed by atoms with Crippen LogP contribution in [0.5, 0.6) is 0 Å². The van der Waals surface area contributed by atoms with Crippen LogP contribution in [0.1, 0.15) is 102 Å². The lowest BCUT2D eigenvalue weighted by Crippen LogP contribution is -2.58. The average molecular weight is 476 g/mol. The molecule has 1 atom stereocenters. The van der Waals surface area contributed by atoms with E-state index in [1.54, 1.807) is 0 Å². The summed E-state index contributed by atoms with van der Waals surface area (Å²) in [6.07, 6.45) is 17.9. The minimum atomic E-state index is -0.376. The highest BCUT2D eigenvalue weighted by Gasteiger charge is 2.54. The number of hydrogen-bond acceptors (Lipinski definition) is 3. The van der Waals surface area contributed by atoms with Gasteiger partial charge in [0.2, 0.25) is 5.91 Å². The Labute approximate surface area is 208 Å². The van der Waals surface area contributed by atoms with Crippen molar-refractivity contribution in [2.24, 2.45) is 0 Å². The number of likely N-dealkylation sites (tertiary alicyclic amines) is 1. The van der Waals surface area contributed by atoms with E-state index in [0.717, 1.165) is 51.2 Å². The number of amides is 1. The lowest BCUT2D eigenvalue weighted by Gasteiger charge is -2.47. The van der Waals surface area contributed by atoms with Crippen LogP contribution in [0.2, 0.25) is 0 Å². The van der Waals surface area contributed by atoms with Crippen molar-refractivity contribution in [3.05, 3.63) is 29.8 Å². The molecule has 1 aromatic rings. The van der Waals surface area contributed by atoms with Gasteiger partial charge in [0, 0.05) is 24.8 Å². The van der Waals surface area contributed by atoms with Gasteiger partial charge >= 0.3 is 0 Å². The van der Waals surface area contributed by atoms with Gasteiger partial charge in [0.25, 0.3) is 0 Å². The molecular formula is C28H46ClN3O. The van der Waals surface area contributed by atoms with Crippen LogP contribution in [-0.2, 0) is 4.79 Å². The van der Waals surface area contributed by atoms with E-state index in [0.29, 0.717) is 0 Å². The number of carbonyl (C=O) groups is 1. The van der Waals surface area contributed by atoms with E-state index in [1.165, 1.54) is 69.0 Å². The Bertz CT molecular complexity index is 736. The van der Waals surface area contributed by atoms with Crippen LogP contribution in [-0.4, -0.2) is 41.6 Å². The van der Waals surface area contributed by atoms with Gasteiger partial charge in [0.1, 0.15) is 11.7 Å². The van der Waals surface area contributed by atoms with Crippen LogP contribution in [0.4, 0.5) is 5.69 Å². The number of nitrogens with zero attached hydrogens (tertiary/aromatic N) is 2. The molecule has 1 saturated carbocycles. The number of anilines is 1. The predicted molar refractivity (Wildman–Crippen MR) is 141 cm³/mol. The lowest BCUT2D eigenvalue weighted by molar-refractivity contribution is -0.125. The third-order valence-electron chi connectivity index (χ3n) is 8.32. The first-order chi connectivity index (χ1) is 15.6. The first-order valence-electron chi connectivity index (χ1n) is 13.5.